The Hall–Kier alpha value is -2.82. The van der Waals surface area contributed by atoms with E-state index in [9.17, 15) is 9.18 Å². The molecule has 120 valence electrons. The molecule has 1 amide bonds. The number of amides is 1. The molecule has 0 bridgehead atoms. The Balaban J connectivity index is 1.95. The normalized spacial score (nSPS) is 10.0. The van der Waals surface area contributed by atoms with Gasteiger partial charge < -0.3 is 14.8 Å². The third kappa shape index (κ3) is 4.85. The van der Waals surface area contributed by atoms with Gasteiger partial charge in [-0.1, -0.05) is 12.1 Å². The fourth-order valence-corrected chi connectivity index (χ4v) is 2.00. The minimum absolute atomic E-state index is 0.172. The van der Waals surface area contributed by atoms with Crippen LogP contribution in [0.25, 0.3) is 0 Å². The highest BCUT2D eigenvalue weighted by Crippen LogP contribution is 2.28. The van der Waals surface area contributed by atoms with Gasteiger partial charge in [0.15, 0.2) is 18.1 Å². The zero-order valence-electron chi connectivity index (χ0n) is 12.8. The molecule has 23 heavy (non-hydrogen) atoms. The summed E-state index contributed by atoms with van der Waals surface area (Å²) in [6.45, 7) is 3.52. The number of hydrogen-bond donors (Lipinski definition) is 1. The summed E-state index contributed by atoms with van der Waals surface area (Å²) in [5.41, 5.74) is 1.55. The lowest BCUT2D eigenvalue weighted by molar-refractivity contribution is -0.118. The van der Waals surface area contributed by atoms with Gasteiger partial charge in [-0.3, -0.25) is 4.79 Å². The van der Waals surface area contributed by atoms with Crippen molar-refractivity contribution in [2.24, 2.45) is 0 Å². The Morgan fingerprint density at radius 3 is 2.61 bits per heavy atom. The van der Waals surface area contributed by atoms with Crippen LogP contribution in [0.15, 0.2) is 55.1 Å². The molecule has 2 aromatic rings. The van der Waals surface area contributed by atoms with Crippen molar-refractivity contribution in [2.75, 3.05) is 19.0 Å². The Morgan fingerprint density at radius 2 is 1.96 bits per heavy atom. The van der Waals surface area contributed by atoms with Gasteiger partial charge in [0.2, 0.25) is 0 Å². The minimum Gasteiger partial charge on any atom is -0.493 e. The SMILES string of the molecule is C=CCc1ccc(OCC(=O)Nc2ccc(F)cc2)c(OC)c1. The molecular weight excluding hydrogens is 297 g/mol. The topological polar surface area (TPSA) is 47.6 Å². The molecule has 5 heteroatoms. The van der Waals surface area contributed by atoms with E-state index in [2.05, 4.69) is 11.9 Å². The molecule has 0 saturated heterocycles. The minimum atomic E-state index is -0.358. The Morgan fingerprint density at radius 1 is 1.22 bits per heavy atom. The Kier molecular flexibility index (Phi) is 5.74. The number of halogens is 1. The van der Waals surface area contributed by atoms with Crippen molar-refractivity contribution < 1.29 is 18.7 Å². The average molecular weight is 315 g/mol. The molecule has 2 aromatic carbocycles. The van der Waals surface area contributed by atoms with Crippen LogP contribution in [-0.2, 0) is 11.2 Å². The Labute approximate surface area is 134 Å². The summed E-state index contributed by atoms with van der Waals surface area (Å²) >= 11 is 0. The first-order chi connectivity index (χ1) is 11.1. The van der Waals surface area contributed by atoms with Crippen LogP contribution < -0.4 is 14.8 Å². The highest BCUT2D eigenvalue weighted by atomic mass is 19.1. The number of ether oxygens (including phenoxy) is 2. The molecule has 0 saturated carbocycles. The average Bonchev–Trinajstić information content (AvgIpc) is 2.56. The van der Waals surface area contributed by atoms with Gasteiger partial charge in [-0.25, -0.2) is 4.39 Å². The third-order valence-corrected chi connectivity index (χ3v) is 3.09. The van der Waals surface area contributed by atoms with Crippen molar-refractivity contribution in [3.05, 3.63) is 66.5 Å². The first-order valence-electron chi connectivity index (χ1n) is 7.08. The van der Waals surface area contributed by atoms with Gasteiger partial charge in [0.1, 0.15) is 5.82 Å². The number of benzene rings is 2. The van der Waals surface area contributed by atoms with Crippen LogP contribution in [0.5, 0.6) is 11.5 Å². The number of hydrogen-bond acceptors (Lipinski definition) is 3. The molecule has 0 atom stereocenters. The van der Waals surface area contributed by atoms with E-state index < -0.39 is 0 Å². The van der Waals surface area contributed by atoms with Crippen molar-refractivity contribution in [3.8, 4) is 11.5 Å². The zero-order chi connectivity index (χ0) is 16.7. The van der Waals surface area contributed by atoms with Gasteiger partial charge in [0.25, 0.3) is 5.91 Å². The van der Waals surface area contributed by atoms with Gasteiger partial charge in [0.05, 0.1) is 7.11 Å². The Bertz CT molecular complexity index is 683. The molecule has 0 spiro atoms. The van der Waals surface area contributed by atoms with Crippen LogP contribution in [-0.4, -0.2) is 19.6 Å². The molecule has 0 aromatic heterocycles. The number of nitrogens with one attached hydrogen (secondary N) is 1. The van der Waals surface area contributed by atoms with Crippen molar-refractivity contribution in [2.45, 2.75) is 6.42 Å². The first kappa shape index (κ1) is 16.5. The van der Waals surface area contributed by atoms with E-state index in [0.29, 0.717) is 17.2 Å². The number of anilines is 1. The predicted octanol–water partition coefficient (Wildman–Crippen LogP) is 3.58. The second-order valence-electron chi connectivity index (χ2n) is 4.82. The molecule has 4 nitrogen and oxygen atoms in total. The molecule has 1 N–H and O–H groups in total. The lowest BCUT2D eigenvalue weighted by Crippen LogP contribution is -2.20. The quantitative estimate of drug-likeness (QED) is 0.795. The van der Waals surface area contributed by atoms with Crippen LogP contribution in [0.3, 0.4) is 0 Å². The van der Waals surface area contributed by atoms with Crippen LogP contribution in [0.4, 0.5) is 10.1 Å². The summed E-state index contributed by atoms with van der Waals surface area (Å²) in [6.07, 6.45) is 2.52. The van der Waals surface area contributed by atoms with Crippen molar-refractivity contribution in [3.63, 3.8) is 0 Å². The van der Waals surface area contributed by atoms with E-state index in [1.165, 1.54) is 24.3 Å². The lowest BCUT2D eigenvalue weighted by atomic mass is 10.1. The highest BCUT2D eigenvalue weighted by Gasteiger charge is 2.09. The van der Waals surface area contributed by atoms with Gasteiger partial charge >= 0.3 is 0 Å². The second kappa shape index (κ2) is 7.98. The first-order valence-corrected chi connectivity index (χ1v) is 7.08. The molecule has 0 unspecified atom stereocenters. The fraction of sp³-hybridized carbons (Fsp3) is 0.167. The molecule has 2 rings (SSSR count). The van der Waals surface area contributed by atoms with Crippen LogP contribution in [0, 0.1) is 5.82 Å². The predicted molar refractivity (Wildman–Crippen MR) is 87.4 cm³/mol. The summed E-state index contributed by atoms with van der Waals surface area (Å²) in [7, 11) is 1.54. The fourth-order valence-electron chi connectivity index (χ4n) is 2.00. The molecule has 0 fully saturated rings. The summed E-state index contributed by atoms with van der Waals surface area (Å²) in [6, 6.07) is 11.0. The molecule has 0 radical (unpaired) electrons. The van der Waals surface area contributed by atoms with Crippen molar-refractivity contribution in [1.82, 2.24) is 0 Å². The zero-order valence-corrected chi connectivity index (χ0v) is 12.8. The van der Waals surface area contributed by atoms with Gasteiger partial charge in [-0.2, -0.15) is 0 Å². The van der Waals surface area contributed by atoms with E-state index in [1.54, 1.807) is 19.3 Å². The van der Waals surface area contributed by atoms with E-state index >= 15 is 0 Å². The number of methoxy groups -OCH3 is 1. The standard InChI is InChI=1S/C18H18FNO3/c1-3-4-13-5-10-16(17(11-13)22-2)23-12-18(21)20-15-8-6-14(19)7-9-15/h3,5-11H,1,4,12H2,2H3,(H,20,21). The number of carbonyl (C=O) groups is 1. The summed E-state index contributed by atoms with van der Waals surface area (Å²) in [5.74, 6) is 0.339. The third-order valence-electron chi connectivity index (χ3n) is 3.09. The molecule has 0 aliphatic rings. The summed E-state index contributed by atoms with van der Waals surface area (Å²) in [5, 5.41) is 2.62. The number of allylic oxidation sites excluding steroid dienone is 1. The maximum Gasteiger partial charge on any atom is 0.262 e. The van der Waals surface area contributed by atoms with Gasteiger partial charge in [0, 0.05) is 5.69 Å². The van der Waals surface area contributed by atoms with Crippen molar-refractivity contribution in [1.29, 1.82) is 0 Å². The molecule has 0 heterocycles. The highest BCUT2D eigenvalue weighted by molar-refractivity contribution is 5.91. The maximum atomic E-state index is 12.8. The monoisotopic (exact) mass is 315 g/mol. The largest absolute Gasteiger partial charge is 0.493 e. The molecule has 0 aliphatic carbocycles. The summed E-state index contributed by atoms with van der Waals surface area (Å²) in [4.78, 5) is 11.9. The van der Waals surface area contributed by atoms with Crippen LogP contribution >= 0.6 is 0 Å². The number of rotatable bonds is 7. The maximum absolute atomic E-state index is 12.8. The molecule has 0 aliphatic heterocycles. The smallest absolute Gasteiger partial charge is 0.262 e. The van der Waals surface area contributed by atoms with Crippen molar-refractivity contribution >= 4 is 11.6 Å². The van der Waals surface area contributed by atoms with Crippen LogP contribution in [0.1, 0.15) is 5.56 Å². The van der Waals surface area contributed by atoms with Gasteiger partial charge in [-0.05, 0) is 48.4 Å². The number of carbonyl (C=O) groups excluding carboxylic acids is 1. The van der Waals surface area contributed by atoms with Gasteiger partial charge in [-0.15, -0.1) is 6.58 Å². The van der Waals surface area contributed by atoms with E-state index in [0.717, 1.165) is 12.0 Å². The van der Waals surface area contributed by atoms with Crippen LogP contribution in [0.2, 0.25) is 0 Å². The lowest BCUT2D eigenvalue weighted by Gasteiger charge is -2.12. The second-order valence-corrected chi connectivity index (χ2v) is 4.82. The summed E-state index contributed by atoms with van der Waals surface area (Å²) < 4.78 is 23.6. The van der Waals surface area contributed by atoms with E-state index in [4.69, 9.17) is 9.47 Å². The molecular formula is C18H18FNO3. The van der Waals surface area contributed by atoms with E-state index in [-0.39, 0.29) is 18.3 Å². The van der Waals surface area contributed by atoms with E-state index in [1.807, 2.05) is 12.1 Å².